The van der Waals surface area contributed by atoms with E-state index in [0.717, 1.165) is 43.3 Å². The lowest BCUT2D eigenvalue weighted by Gasteiger charge is -2.17. The molecule has 1 aliphatic heterocycles. The summed E-state index contributed by atoms with van der Waals surface area (Å²) in [7, 11) is 3.01. The van der Waals surface area contributed by atoms with Gasteiger partial charge in [0.2, 0.25) is 5.91 Å². The highest BCUT2D eigenvalue weighted by atomic mass is 16.2. The third-order valence-corrected chi connectivity index (χ3v) is 3.80. The van der Waals surface area contributed by atoms with Crippen LogP contribution >= 0.6 is 0 Å². The van der Waals surface area contributed by atoms with Gasteiger partial charge in [-0.1, -0.05) is 12.8 Å². The average molecular weight is 291 g/mol. The van der Waals surface area contributed by atoms with Crippen LogP contribution in [0.4, 0.5) is 0 Å². The summed E-state index contributed by atoms with van der Waals surface area (Å²) in [5, 5.41) is 0. The van der Waals surface area contributed by atoms with E-state index in [4.69, 9.17) is 0 Å². The normalized spacial score (nSPS) is 16.2. The van der Waals surface area contributed by atoms with Crippen LogP contribution in [0, 0.1) is 0 Å². The molecule has 114 valence electrons. The van der Waals surface area contributed by atoms with Crippen molar-refractivity contribution in [3.63, 3.8) is 0 Å². The number of aryl methyl sites for hydroxylation is 1. The summed E-state index contributed by atoms with van der Waals surface area (Å²) in [4.78, 5) is 37.5. The molecule has 0 N–H and O–H groups in total. The zero-order valence-electron chi connectivity index (χ0n) is 12.5. The van der Waals surface area contributed by atoms with E-state index in [-0.39, 0.29) is 11.6 Å². The number of amides is 1. The van der Waals surface area contributed by atoms with Gasteiger partial charge in [-0.25, -0.2) is 4.79 Å². The molecule has 1 saturated heterocycles. The van der Waals surface area contributed by atoms with Crippen LogP contribution in [-0.4, -0.2) is 33.0 Å². The first-order valence-electron chi connectivity index (χ1n) is 7.24. The highest BCUT2D eigenvalue weighted by Gasteiger charge is 2.13. The van der Waals surface area contributed by atoms with E-state index in [9.17, 15) is 14.4 Å². The van der Waals surface area contributed by atoms with Gasteiger partial charge in [0.05, 0.1) is 5.56 Å². The molecule has 6 nitrogen and oxygen atoms in total. The van der Waals surface area contributed by atoms with Crippen LogP contribution in [0.25, 0.3) is 6.08 Å². The van der Waals surface area contributed by atoms with Crippen molar-refractivity contribution in [2.24, 2.45) is 14.1 Å². The van der Waals surface area contributed by atoms with Crippen molar-refractivity contribution < 1.29 is 4.79 Å². The van der Waals surface area contributed by atoms with Crippen LogP contribution in [0.1, 0.15) is 31.2 Å². The molecule has 0 aromatic carbocycles. The van der Waals surface area contributed by atoms with E-state index >= 15 is 0 Å². The number of carbonyl (C=O) groups excluding carboxylic acids is 1. The van der Waals surface area contributed by atoms with Crippen molar-refractivity contribution >= 4 is 12.0 Å². The van der Waals surface area contributed by atoms with Crippen LogP contribution in [-0.2, 0) is 18.9 Å². The highest BCUT2D eigenvalue weighted by Crippen LogP contribution is 2.10. The van der Waals surface area contributed by atoms with Crippen LogP contribution in [0.3, 0.4) is 0 Å². The molecule has 21 heavy (non-hydrogen) atoms. The van der Waals surface area contributed by atoms with Gasteiger partial charge in [-0.3, -0.25) is 14.2 Å². The molecule has 0 aliphatic carbocycles. The fourth-order valence-corrected chi connectivity index (χ4v) is 2.51. The van der Waals surface area contributed by atoms with Crippen LogP contribution in [0.15, 0.2) is 21.9 Å². The van der Waals surface area contributed by atoms with Gasteiger partial charge < -0.3 is 9.47 Å². The minimum absolute atomic E-state index is 0.0761. The molecule has 0 radical (unpaired) electrons. The number of nitrogens with zero attached hydrogens (tertiary/aromatic N) is 3. The molecule has 1 aromatic heterocycles. The summed E-state index contributed by atoms with van der Waals surface area (Å²) in [5.41, 5.74) is -0.434. The Bertz CT molecular complexity index is 662. The molecule has 6 heteroatoms. The van der Waals surface area contributed by atoms with Crippen LogP contribution in [0.2, 0.25) is 0 Å². The molecule has 0 atom stereocenters. The molecule has 1 amide bonds. The predicted octanol–water partition coefficient (Wildman–Crippen LogP) is 0.500. The summed E-state index contributed by atoms with van der Waals surface area (Å²) < 4.78 is 2.37. The Balaban J connectivity index is 2.19. The van der Waals surface area contributed by atoms with Gasteiger partial charge in [-0.2, -0.15) is 0 Å². The third kappa shape index (κ3) is 3.51. The third-order valence-electron chi connectivity index (χ3n) is 3.80. The number of carbonyl (C=O) groups is 1. The molecule has 2 heterocycles. The van der Waals surface area contributed by atoms with Gasteiger partial charge in [0.25, 0.3) is 5.56 Å². The number of likely N-dealkylation sites (tertiary alicyclic amines) is 1. The second-order valence-electron chi connectivity index (χ2n) is 5.41. The largest absolute Gasteiger partial charge is 0.339 e. The monoisotopic (exact) mass is 291 g/mol. The topological polar surface area (TPSA) is 64.3 Å². The maximum Gasteiger partial charge on any atom is 0.330 e. The standard InChI is InChI=1S/C15H21N3O3/c1-16-11-12(14(20)17(2)15(16)21)7-8-13(19)18-9-5-3-4-6-10-18/h7-8,11H,3-6,9-10H2,1-2H3. The number of hydrogen-bond acceptors (Lipinski definition) is 3. The molecule has 0 unspecified atom stereocenters. The summed E-state index contributed by atoms with van der Waals surface area (Å²) in [6.45, 7) is 1.54. The molecule has 1 aliphatic rings. The lowest BCUT2D eigenvalue weighted by Crippen LogP contribution is -2.37. The van der Waals surface area contributed by atoms with E-state index in [1.165, 1.54) is 30.0 Å². The predicted molar refractivity (Wildman–Crippen MR) is 81.0 cm³/mol. The van der Waals surface area contributed by atoms with E-state index in [2.05, 4.69) is 0 Å². The molecular formula is C15H21N3O3. The second-order valence-corrected chi connectivity index (χ2v) is 5.41. The SMILES string of the molecule is Cn1cc(C=CC(=O)N2CCCCCC2)c(=O)n(C)c1=O. The van der Waals surface area contributed by atoms with Gasteiger partial charge in [0.15, 0.2) is 0 Å². The van der Waals surface area contributed by atoms with Crippen molar-refractivity contribution in [2.75, 3.05) is 13.1 Å². The maximum atomic E-state index is 12.1. The van der Waals surface area contributed by atoms with E-state index in [0.29, 0.717) is 5.56 Å². The van der Waals surface area contributed by atoms with E-state index in [1.807, 2.05) is 4.90 Å². The summed E-state index contributed by atoms with van der Waals surface area (Å²) >= 11 is 0. The molecule has 0 bridgehead atoms. The summed E-state index contributed by atoms with van der Waals surface area (Å²) in [6.07, 6.45) is 8.75. The molecule has 0 saturated carbocycles. The van der Waals surface area contributed by atoms with E-state index < -0.39 is 5.56 Å². The molecular weight excluding hydrogens is 270 g/mol. The average Bonchev–Trinajstić information content (AvgIpc) is 2.76. The van der Waals surface area contributed by atoms with Crippen LogP contribution in [0.5, 0.6) is 0 Å². The molecule has 1 aromatic rings. The van der Waals surface area contributed by atoms with Crippen molar-refractivity contribution in [3.05, 3.63) is 38.7 Å². The molecule has 1 fully saturated rings. The second kappa shape index (κ2) is 6.56. The lowest BCUT2D eigenvalue weighted by atomic mass is 10.2. The Morgan fingerprint density at radius 3 is 2.33 bits per heavy atom. The first-order valence-corrected chi connectivity index (χ1v) is 7.24. The highest BCUT2D eigenvalue weighted by molar-refractivity contribution is 5.91. The number of hydrogen-bond donors (Lipinski definition) is 0. The lowest BCUT2D eigenvalue weighted by molar-refractivity contribution is -0.125. The zero-order chi connectivity index (χ0) is 15.4. The van der Waals surface area contributed by atoms with Crippen molar-refractivity contribution in [2.45, 2.75) is 25.7 Å². The minimum Gasteiger partial charge on any atom is -0.339 e. The van der Waals surface area contributed by atoms with Gasteiger partial charge >= 0.3 is 5.69 Å². The first kappa shape index (κ1) is 15.3. The van der Waals surface area contributed by atoms with Gasteiger partial charge in [-0.15, -0.1) is 0 Å². The van der Waals surface area contributed by atoms with Crippen molar-refractivity contribution in [1.82, 2.24) is 14.0 Å². The van der Waals surface area contributed by atoms with Crippen LogP contribution < -0.4 is 11.2 Å². The summed E-state index contributed by atoms with van der Waals surface area (Å²) in [6, 6.07) is 0. The first-order chi connectivity index (χ1) is 10.0. The fraction of sp³-hybridized carbons (Fsp3) is 0.533. The number of rotatable bonds is 2. The Kier molecular flexibility index (Phi) is 4.77. The quantitative estimate of drug-likeness (QED) is 0.745. The van der Waals surface area contributed by atoms with Gasteiger partial charge in [-0.05, 0) is 18.9 Å². The molecule has 2 rings (SSSR count). The van der Waals surface area contributed by atoms with Gasteiger partial charge in [0.1, 0.15) is 0 Å². The zero-order valence-corrected chi connectivity index (χ0v) is 12.5. The number of aromatic nitrogens is 2. The van der Waals surface area contributed by atoms with Crippen molar-refractivity contribution in [1.29, 1.82) is 0 Å². The summed E-state index contributed by atoms with van der Waals surface area (Å²) in [5.74, 6) is -0.0761. The molecule has 0 spiro atoms. The Morgan fingerprint density at radius 2 is 1.71 bits per heavy atom. The maximum absolute atomic E-state index is 12.1. The Hall–Kier alpha value is -2.11. The Labute approximate surface area is 123 Å². The smallest absolute Gasteiger partial charge is 0.330 e. The van der Waals surface area contributed by atoms with E-state index in [1.54, 1.807) is 7.05 Å². The Morgan fingerprint density at radius 1 is 1.10 bits per heavy atom. The minimum atomic E-state index is -0.391. The fourth-order valence-electron chi connectivity index (χ4n) is 2.51. The van der Waals surface area contributed by atoms with Crippen molar-refractivity contribution in [3.8, 4) is 0 Å². The van der Waals surface area contributed by atoms with Gasteiger partial charge in [0, 0.05) is 39.5 Å².